The van der Waals surface area contributed by atoms with Gasteiger partial charge in [0.05, 0.1) is 13.0 Å². The first kappa shape index (κ1) is 29.3. The number of nitrogens with one attached hydrogen (secondary N) is 1. The predicted octanol–water partition coefficient (Wildman–Crippen LogP) is 7.67. The average Bonchev–Trinajstić information content (AvgIpc) is 2.92. The van der Waals surface area contributed by atoms with Crippen LogP contribution in [0.15, 0.2) is 88.7 Å². The third-order valence-corrected chi connectivity index (χ3v) is 7.20. The molecule has 0 spiro atoms. The maximum absolute atomic E-state index is 13.3. The summed E-state index contributed by atoms with van der Waals surface area (Å²) in [5, 5.41) is 3.12. The molecule has 3 rings (SSSR count). The van der Waals surface area contributed by atoms with Gasteiger partial charge in [-0.3, -0.25) is 9.69 Å². The van der Waals surface area contributed by atoms with Crippen LogP contribution in [0.1, 0.15) is 57.1 Å². The number of ether oxygens (including phenoxy) is 1. The molecule has 0 unspecified atom stereocenters. The maximum atomic E-state index is 13.3. The Hall–Kier alpha value is -3.25. The number of anilines is 1. The lowest BCUT2D eigenvalue weighted by Crippen LogP contribution is -2.41. The van der Waals surface area contributed by atoms with E-state index in [1.54, 1.807) is 11.8 Å². The van der Waals surface area contributed by atoms with Crippen molar-refractivity contribution in [2.75, 3.05) is 24.6 Å². The lowest BCUT2D eigenvalue weighted by Gasteiger charge is -2.24. The number of urea groups is 1. The molecule has 0 aliphatic carbocycles. The van der Waals surface area contributed by atoms with Crippen molar-refractivity contribution in [3.8, 4) is 0 Å². The molecule has 0 radical (unpaired) electrons. The highest BCUT2D eigenvalue weighted by molar-refractivity contribution is 7.99. The summed E-state index contributed by atoms with van der Waals surface area (Å²) in [5.74, 6) is -0.211. The molecule has 202 valence electrons. The van der Waals surface area contributed by atoms with Gasteiger partial charge in [-0.25, -0.2) is 4.79 Å². The SMILES string of the molecule is CCCCCCCN(C(=O)NCCc1ccccc1)c1cccc(Sc2ccc(CC(=O)OCC)cc2)c1. The summed E-state index contributed by atoms with van der Waals surface area (Å²) in [6.07, 6.45) is 6.81. The monoisotopic (exact) mass is 532 g/mol. The molecule has 5 nitrogen and oxygen atoms in total. The fraction of sp³-hybridized carbons (Fsp3) is 0.375. The molecule has 0 aliphatic rings. The Morgan fingerprint density at radius 1 is 0.816 bits per heavy atom. The summed E-state index contributed by atoms with van der Waals surface area (Å²) in [6.45, 7) is 5.71. The molecular formula is C32H40N2O3S. The second-order valence-electron chi connectivity index (χ2n) is 9.26. The van der Waals surface area contributed by atoms with Crippen LogP contribution < -0.4 is 10.2 Å². The van der Waals surface area contributed by atoms with E-state index < -0.39 is 0 Å². The normalized spacial score (nSPS) is 10.7. The predicted molar refractivity (Wildman–Crippen MR) is 157 cm³/mol. The topological polar surface area (TPSA) is 58.6 Å². The molecule has 0 saturated heterocycles. The molecule has 0 atom stereocenters. The van der Waals surface area contributed by atoms with Crippen LogP contribution in [0.5, 0.6) is 0 Å². The molecular weight excluding hydrogens is 492 g/mol. The number of rotatable bonds is 15. The largest absolute Gasteiger partial charge is 0.466 e. The second kappa shape index (κ2) is 16.6. The molecule has 0 saturated carbocycles. The smallest absolute Gasteiger partial charge is 0.321 e. The quantitative estimate of drug-likeness (QED) is 0.161. The van der Waals surface area contributed by atoms with Crippen LogP contribution in [-0.4, -0.2) is 31.7 Å². The third kappa shape index (κ3) is 10.3. The molecule has 6 heteroatoms. The van der Waals surface area contributed by atoms with Crippen LogP contribution in [0.4, 0.5) is 10.5 Å². The lowest BCUT2D eigenvalue weighted by molar-refractivity contribution is -0.142. The minimum Gasteiger partial charge on any atom is -0.466 e. The lowest BCUT2D eigenvalue weighted by atomic mass is 10.1. The highest BCUT2D eigenvalue weighted by Crippen LogP contribution is 2.31. The molecule has 0 fully saturated rings. The summed E-state index contributed by atoms with van der Waals surface area (Å²) in [5.41, 5.74) is 3.05. The van der Waals surface area contributed by atoms with Crippen LogP contribution in [-0.2, 0) is 22.4 Å². The summed E-state index contributed by atoms with van der Waals surface area (Å²) < 4.78 is 5.04. The van der Waals surface area contributed by atoms with Gasteiger partial charge >= 0.3 is 12.0 Å². The van der Waals surface area contributed by atoms with Crippen LogP contribution in [0.25, 0.3) is 0 Å². The van der Waals surface area contributed by atoms with E-state index in [4.69, 9.17) is 4.74 Å². The van der Waals surface area contributed by atoms with E-state index in [1.807, 2.05) is 66.4 Å². The number of esters is 1. The van der Waals surface area contributed by atoms with Gasteiger partial charge in [0.1, 0.15) is 0 Å². The van der Waals surface area contributed by atoms with E-state index in [0.717, 1.165) is 40.3 Å². The van der Waals surface area contributed by atoms with E-state index in [9.17, 15) is 9.59 Å². The van der Waals surface area contributed by atoms with Crippen molar-refractivity contribution in [1.29, 1.82) is 0 Å². The van der Waals surface area contributed by atoms with Crippen molar-refractivity contribution in [3.63, 3.8) is 0 Å². The molecule has 0 aromatic heterocycles. The summed E-state index contributed by atoms with van der Waals surface area (Å²) in [6, 6.07) is 26.3. The molecule has 3 aromatic rings. The van der Waals surface area contributed by atoms with Crippen molar-refractivity contribution in [2.45, 2.75) is 68.6 Å². The number of hydrogen-bond donors (Lipinski definition) is 1. The first-order chi connectivity index (χ1) is 18.6. The van der Waals surface area contributed by atoms with Crippen molar-refractivity contribution in [3.05, 3.63) is 90.0 Å². The summed E-state index contributed by atoms with van der Waals surface area (Å²) in [4.78, 5) is 29.0. The van der Waals surface area contributed by atoms with Gasteiger partial charge in [0.2, 0.25) is 0 Å². The Bertz CT molecular complexity index is 1120. The number of carbonyl (C=O) groups excluding carboxylic acids is 2. The highest BCUT2D eigenvalue weighted by atomic mass is 32.2. The Balaban J connectivity index is 1.65. The number of benzene rings is 3. The molecule has 1 N–H and O–H groups in total. The van der Waals surface area contributed by atoms with Gasteiger partial charge in [-0.05, 0) is 61.2 Å². The van der Waals surface area contributed by atoms with Gasteiger partial charge in [0, 0.05) is 28.6 Å². The number of amides is 2. The Labute approximate surface area is 232 Å². The van der Waals surface area contributed by atoms with Gasteiger partial charge in [0.25, 0.3) is 0 Å². The minimum absolute atomic E-state index is 0.0538. The zero-order valence-corrected chi connectivity index (χ0v) is 23.5. The van der Waals surface area contributed by atoms with E-state index in [0.29, 0.717) is 19.7 Å². The van der Waals surface area contributed by atoms with Crippen LogP contribution in [0.3, 0.4) is 0 Å². The van der Waals surface area contributed by atoms with Gasteiger partial charge in [-0.2, -0.15) is 0 Å². The molecule has 38 heavy (non-hydrogen) atoms. The average molecular weight is 533 g/mol. The molecule has 2 amide bonds. The Morgan fingerprint density at radius 3 is 2.32 bits per heavy atom. The standard InChI is InChI=1S/C32H40N2O3S/c1-3-5-6-7-11-23-34(32(36)33-22-21-26-13-9-8-10-14-26)28-15-12-16-30(25-28)38-29-19-17-27(18-20-29)24-31(35)37-4-2/h8-10,12-20,25H,3-7,11,21-24H2,1-2H3,(H,33,36). The maximum Gasteiger partial charge on any atom is 0.321 e. The Morgan fingerprint density at radius 2 is 1.58 bits per heavy atom. The van der Waals surface area contributed by atoms with Crippen molar-refractivity contribution in [2.24, 2.45) is 0 Å². The van der Waals surface area contributed by atoms with Gasteiger partial charge < -0.3 is 10.1 Å². The van der Waals surface area contributed by atoms with Crippen LogP contribution in [0.2, 0.25) is 0 Å². The molecule has 0 heterocycles. The molecule has 0 aliphatic heterocycles. The van der Waals surface area contributed by atoms with Gasteiger partial charge in [-0.1, -0.05) is 92.9 Å². The van der Waals surface area contributed by atoms with Crippen molar-refractivity contribution < 1.29 is 14.3 Å². The van der Waals surface area contributed by atoms with Crippen molar-refractivity contribution >= 4 is 29.4 Å². The first-order valence-electron chi connectivity index (χ1n) is 13.7. The van der Waals surface area contributed by atoms with E-state index in [2.05, 4.69) is 36.5 Å². The number of carbonyl (C=O) groups is 2. The van der Waals surface area contributed by atoms with Crippen LogP contribution in [0, 0.1) is 0 Å². The molecule has 3 aromatic carbocycles. The van der Waals surface area contributed by atoms with Gasteiger partial charge in [0.15, 0.2) is 0 Å². The van der Waals surface area contributed by atoms with E-state index in [1.165, 1.54) is 24.8 Å². The first-order valence-corrected chi connectivity index (χ1v) is 14.5. The molecule has 0 bridgehead atoms. The number of hydrogen-bond acceptors (Lipinski definition) is 4. The number of nitrogens with zero attached hydrogens (tertiary/aromatic N) is 1. The fourth-order valence-electron chi connectivity index (χ4n) is 4.18. The summed E-state index contributed by atoms with van der Waals surface area (Å²) >= 11 is 1.64. The van der Waals surface area contributed by atoms with Gasteiger partial charge in [-0.15, -0.1) is 0 Å². The van der Waals surface area contributed by atoms with Crippen LogP contribution >= 0.6 is 11.8 Å². The zero-order valence-electron chi connectivity index (χ0n) is 22.7. The zero-order chi connectivity index (χ0) is 27.0. The van der Waals surface area contributed by atoms with E-state index in [-0.39, 0.29) is 18.4 Å². The van der Waals surface area contributed by atoms with E-state index >= 15 is 0 Å². The third-order valence-electron chi connectivity index (χ3n) is 6.21. The Kier molecular flexibility index (Phi) is 12.8. The highest BCUT2D eigenvalue weighted by Gasteiger charge is 2.16. The number of unbranched alkanes of at least 4 members (excludes halogenated alkanes) is 4. The van der Waals surface area contributed by atoms with Crippen molar-refractivity contribution in [1.82, 2.24) is 5.32 Å². The fourth-order valence-corrected chi connectivity index (χ4v) is 5.05. The second-order valence-corrected chi connectivity index (χ2v) is 10.4. The summed E-state index contributed by atoms with van der Waals surface area (Å²) in [7, 11) is 0. The minimum atomic E-state index is -0.211.